The van der Waals surface area contributed by atoms with E-state index in [1.807, 2.05) is 0 Å². The van der Waals surface area contributed by atoms with Crippen molar-refractivity contribution in [2.75, 3.05) is 19.8 Å². The Labute approximate surface area is 386 Å². The Morgan fingerprint density at radius 1 is 0.403 bits per heavy atom. The van der Waals surface area contributed by atoms with Crippen LogP contribution in [0.1, 0.15) is 251 Å². The molecule has 4 nitrogen and oxygen atoms in total. The van der Waals surface area contributed by atoms with E-state index in [2.05, 4.69) is 98.9 Å². The summed E-state index contributed by atoms with van der Waals surface area (Å²) in [6.07, 6.45) is 76.9. The molecule has 4 heteroatoms. The smallest absolute Gasteiger partial charge is 0.306 e. The van der Waals surface area contributed by atoms with Gasteiger partial charge in [-0.25, -0.2) is 0 Å². The lowest BCUT2D eigenvalue weighted by atomic mass is 10.0. The summed E-state index contributed by atoms with van der Waals surface area (Å²) < 4.78 is 11.2. The maximum Gasteiger partial charge on any atom is 0.306 e. The van der Waals surface area contributed by atoms with Crippen LogP contribution in [0.15, 0.2) is 85.1 Å². The first-order chi connectivity index (χ1) is 30.7. The monoisotopic (exact) mass is 863 g/mol. The number of hydrogen-bond acceptors (Lipinski definition) is 4. The maximum atomic E-state index is 12.3. The molecule has 0 bridgehead atoms. The minimum absolute atomic E-state index is 0.184. The second-order valence-corrected chi connectivity index (χ2v) is 17.6. The standard InChI is InChI=1S/C58H102O4/c1-3-5-7-9-11-13-15-17-19-21-23-25-27-29-30-32-34-36-38-40-42-44-46-48-50-52-54-61-56-57(55-59)62-58(60)53-51-49-47-45-43-41-39-37-35-33-31-28-26-24-22-20-18-16-14-12-10-8-6-4-2/h5,7,11,13,17,19,23,25,29-30,34,36,40,42,57,59H,3-4,6,8-10,12,14-16,18,20-22,24,26-28,31-33,35,37-39,41,43-56H2,1-2H3/b7-5-,13-11-,19-17-,25-23-,30-29-,36-34-,42-40-. The van der Waals surface area contributed by atoms with Crippen molar-refractivity contribution < 1.29 is 19.4 Å². The lowest BCUT2D eigenvalue weighted by molar-refractivity contribution is -0.154. The second-order valence-electron chi connectivity index (χ2n) is 17.6. The number of rotatable bonds is 49. The van der Waals surface area contributed by atoms with E-state index in [0.717, 1.165) is 77.0 Å². The zero-order valence-corrected chi connectivity index (χ0v) is 41.1. The number of aliphatic hydroxyl groups excluding tert-OH is 1. The van der Waals surface area contributed by atoms with Crippen molar-refractivity contribution in [2.45, 2.75) is 258 Å². The van der Waals surface area contributed by atoms with Crippen LogP contribution in [0.25, 0.3) is 0 Å². The van der Waals surface area contributed by atoms with Crippen molar-refractivity contribution >= 4 is 5.97 Å². The van der Waals surface area contributed by atoms with Crippen molar-refractivity contribution in [3.05, 3.63) is 85.1 Å². The van der Waals surface area contributed by atoms with Gasteiger partial charge in [-0.3, -0.25) is 4.79 Å². The number of esters is 1. The molecule has 358 valence electrons. The number of carbonyl (C=O) groups excluding carboxylic acids is 1. The van der Waals surface area contributed by atoms with E-state index in [1.165, 1.54) is 154 Å². The number of aliphatic hydroxyl groups is 1. The minimum atomic E-state index is -0.553. The molecule has 1 atom stereocenters. The summed E-state index contributed by atoms with van der Waals surface area (Å²) in [6, 6.07) is 0. The quantitative estimate of drug-likeness (QED) is 0.0376. The summed E-state index contributed by atoms with van der Waals surface area (Å²) in [5.74, 6) is -0.208. The summed E-state index contributed by atoms with van der Waals surface area (Å²) in [4.78, 5) is 12.3. The molecule has 0 aliphatic carbocycles. The van der Waals surface area contributed by atoms with Crippen molar-refractivity contribution in [3.8, 4) is 0 Å². The van der Waals surface area contributed by atoms with Crippen LogP contribution in [-0.2, 0) is 14.3 Å². The van der Waals surface area contributed by atoms with E-state index in [1.54, 1.807) is 0 Å². The Morgan fingerprint density at radius 2 is 0.726 bits per heavy atom. The third-order valence-electron chi connectivity index (χ3n) is 11.5. The van der Waals surface area contributed by atoms with E-state index < -0.39 is 6.10 Å². The topological polar surface area (TPSA) is 55.8 Å². The van der Waals surface area contributed by atoms with Crippen LogP contribution in [-0.4, -0.2) is 37.0 Å². The molecule has 0 spiro atoms. The molecule has 0 aliphatic rings. The van der Waals surface area contributed by atoms with Gasteiger partial charge in [0.2, 0.25) is 0 Å². The molecule has 0 aromatic carbocycles. The Hall–Kier alpha value is -2.43. The van der Waals surface area contributed by atoms with E-state index in [0.29, 0.717) is 13.0 Å². The van der Waals surface area contributed by atoms with Crippen LogP contribution in [0.3, 0.4) is 0 Å². The third-order valence-corrected chi connectivity index (χ3v) is 11.5. The first-order valence-electron chi connectivity index (χ1n) is 26.7. The maximum absolute atomic E-state index is 12.3. The van der Waals surface area contributed by atoms with Crippen LogP contribution in [0, 0.1) is 0 Å². The Kier molecular flexibility index (Phi) is 52.6. The number of allylic oxidation sites excluding steroid dienone is 14. The van der Waals surface area contributed by atoms with Crippen LogP contribution in [0.4, 0.5) is 0 Å². The van der Waals surface area contributed by atoms with Crippen LogP contribution in [0.2, 0.25) is 0 Å². The molecule has 0 fully saturated rings. The summed E-state index contributed by atoms with van der Waals surface area (Å²) in [7, 11) is 0. The van der Waals surface area contributed by atoms with Gasteiger partial charge in [-0.1, -0.05) is 259 Å². The summed E-state index contributed by atoms with van der Waals surface area (Å²) in [6.45, 7) is 5.20. The molecule has 0 heterocycles. The zero-order valence-electron chi connectivity index (χ0n) is 41.1. The van der Waals surface area contributed by atoms with Gasteiger partial charge in [-0.2, -0.15) is 0 Å². The molecule has 0 radical (unpaired) electrons. The van der Waals surface area contributed by atoms with Gasteiger partial charge >= 0.3 is 5.97 Å². The second kappa shape index (κ2) is 54.7. The lowest BCUT2D eigenvalue weighted by Gasteiger charge is -2.15. The molecular formula is C58H102O4. The Bertz CT molecular complexity index is 1090. The first-order valence-corrected chi connectivity index (χ1v) is 26.7. The highest BCUT2D eigenvalue weighted by molar-refractivity contribution is 5.69. The van der Waals surface area contributed by atoms with Crippen molar-refractivity contribution in [1.82, 2.24) is 0 Å². The Morgan fingerprint density at radius 3 is 1.10 bits per heavy atom. The molecule has 0 aromatic rings. The minimum Gasteiger partial charge on any atom is -0.457 e. The number of hydrogen-bond donors (Lipinski definition) is 1. The Balaban J connectivity index is 3.48. The number of carbonyl (C=O) groups is 1. The third kappa shape index (κ3) is 51.9. The average Bonchev–Trinajstić information content (AvgIpc) is 3.28. The van der Waals surface area contributed by atoms with Gasteiger partial charge in [0.1, 0.15) is 6.10 Å². The molecule has 0 aliphatic heterocycles. The summed E-state index contributed by atoms with van der Waals surface area (Å²) in [5.41, 5.74) is 0. The normalized spacial score (nSPS) is 13.0. The fraction of sp³-hybridized carbons (Fsp3) is 0.741. The molecule has 0 amide bonds. The molecule has 62 heavy (non-hydrogen) atoms. The summed E-state index contributed by atoms with van der Waals surface area (Å²) >= 11 is 0. The molecule has 0 aromatic heterocycles. The van der Waals surface area contributed by atoms with Gasteiger partial charge in [0, 0.05) is 13.0 Å². The van der Waals surface area contributed by atoms with Gasteiger partial charge in [-0.15, -0.1) is 0 Å². The van der Waals surface area contributed by atoms with Gasteiger partial charge in [0.05, 0.1) is 13.2 Å². The SMILES string of the molecule is CC/C=C\C/C=C\C/C=C\C/C=C\C/C=C\C/C=C\C/C=C\CCCCCCOCC(CO)OC(=O)CCCCCCCCCCCCCCCCCCCCCCCCCC. The van der Waals surface area contributed by atoms with Gasteiger partial charge in [0.15, 0.2) is 0 Å². The fourth-order valence-corrected chi connectivity index (χ4v) is 7.55. The largest absolute Gasteiger partial charge is 0.457 e. The molecule has 0 saturated heterocycles. The lowest BCUT2D eigenvalue weighted by Crippen LogP contribution is -2.27. The van der Waals surface area contributed by atoms with Gasteiger partial charge in [-0.05, 0) is 70.6 Å². The van der Waals surface area contributed by atoms with E-state index in [4.69, 9.17) is 9.47 Å². The van der Waals surface area contributed by atoms with Crippen LogP contribution in [0.5, 0.6) is 0 Å². The van der Waals surface area contributed by atoms with E-state index in [9.17, 15) is 9.90 Å². The highest BCUT2D eigenvalue weighted by atomic mass is 16.6. The fourth-order valence-electron chi connectivity index (χ4n) is 7.55. The summed E-state index contributed by atoms with van der Waals surface area (Å²) in [5, 5.41) is 9.66. The van der Waals surface area contributed by atoms with E-state index >= 15 is 0 Å². The first kappa shape index (κ1) is 59.6. The molecule has 1 N–H and O–H groups in total. The highest BCUT2D eigenvalue weighted by Crippen LogP contribution is 2.16. The zero-order chi connectivity index (χ0) is 44.8. The van der Waals surface area contributed by atoms with Gasteiger partial charge < -0.3 is 14.6 Å². The molecule has 0 rings (SSSR count). The predicted octanol–water partition coefficient (Wildman–Crippen LogP) is 18.3. The number of unbranched alkanes of at least 4 members (excludes halogenated alkanes) is 27. The highest BCUT2D eigenvalue weighted by Gasteiger charge is 2.13. The van der Waals surface area contributed by atoms with Crippen LogP contribution < -0.4 is 0 Å². The molecule has 0 saturated carbocycles. The number of ether oxygens (including phenoxy) is 2. The van der Waals surface area contributed by atoms with Gasteiger partial charge in [0.25, 0.3) is 0 Å². The average molecular weight is 863 g/mol. The van der Waals surface area contributed by atoms with Crippen LogP contribution >= 0.6 is 0 Å². The molecular weight excluding hydrogens is 761 g/mol. The van der Waals surface area contributed by atoms with E-state index in [-0.39, 0.29) is 19.2 Å². The van der Waals surface area contributed by atoms with Crippen molar-refractivity contribution in [1.29, 1.82) is 0 Å². The van der Waals surface area contributed by atoms with Crippen molar-refractivity contribution in [2.24, 2.45) is 0 Å². The van der Waals surface area contributed by atoms with Crippen molar-refractivity contribution in [3.63, 3.8) is 0 Å². The molecule has 1 unspecified atom stereocenters. The predicted molar refractivity (Wildman–Crippen MR) is 274 cm³/mol.